The van der Waals surface area contributed by atoms with Crippen molar-refractivity contribution in [2.75, 3.05) is 0 Å². The monoisotopic (exact) mass is 1260 g/mol. The number of nitrogens with zero attached hydrogens (tertiary/aromatic N) is 2. The third kappa shape index (κ3) is 11.0. The summed E-state index contributed by atoms with van der Waals surface area (Å²) in [6.07, 6.45) is -18.5. The average molecular weight is 1250 g/mol. The van der Waals surface area contributed by atoms with Crippen LogP contribution in [0.25, 0.3) is 61.8 Å². The van der Waals surface area contributed by atoms with Crippen molar-refractivity contribution in [2.45, 2.75) is 105 Å². The van der Waals surface area contributed by atoms with E-state index in [1.165, 1.54) is 0 Å². The molecule has 0 amide bonds. The maximum atomic E-state index is 14.3. The van der Waals surface area contributed by atoms with Crippen LogP contribution in [-0.2, 0) is 44.6 Å². The molecule has 0 saturated carbocycles. The minimum absolute atomic E-state index is 0. The quantitative estimate of drug-likeness (QED) is 0.0778. The van der Waals surface area contributed by atoms with Crippen LogP contribution in [0, 0.1) is 23.0 Å². The summed E-state index contributed by atoms with van der Waals surface area (Å²) in [6.45, 7) is 13.5. The van der Waals surface area contributed by atoms with Gasteiger partial charge in [0.2, 0.25) is 0 Å². The van der Waals surface area contributed by atoms with Crippen molar-refractivity contribution in [3.05, 3.63) is 144 Å². The van der Waals surface area contributed by atoms with Crippen LogP contribution < -0.4 is 4.74 Å². The van der Waals surface area contributed by atoms with Gasteiger partial charge in [0.25, 0.3) is 0 Å². The largest absolute Gasteiger partial charge is 2.00 e. The minimum Gasteiger partial charge on any atom is 2.00 e. The van der Waals surface area contributed by atoms with E-state index in [1.807, 2.05) is 41.5 Å². The van der Waals surface area contributed by atoms with Crippen molar-refractivity contribution >= 4 is 48.3 Å². The van der Waals surface area contributed by atoms with E-state index < -0.39 is 183 Å². The molecule has 0 fully saturated rings. The van der Waals surface area contributed by atoms with Gasteiger partial charge in [0, 0.05) is 0 Å². The fourth-order valence-electron chi connectivity index (χ4n) is 6.36. The van der Waals surface area contributed by atoms with Gasteiger partial charge < -0.3 is 0 Å². The number of benzene rings is 4. The third-order valence-electron chi connectivity index (χ3n) is 10.6. The number of pyridine rings is 2. The molecule has 356 valence electrons. The predicted molar refractivity (Wildman–Crippen MR) is 261 cm³/mol. The molecule has 0 bridgehead atoms. The first-order valence-corrected chi connectivity index (χ1v) is 24.0. The fourth-order valence-corrected chi connectivity index (χ4v) is 10.6. The summed E-state index contributed by atoms with van der Waals surface area (Å²) in [7, 11) is 0. The number of halogens is 6. The molecule has 0 atom stereocenters. The maximum Gasteiger partial charge on any atom is 2.00 e. The van der Waals surface area contributed by atoms with Crippen molar-refractivity contribution in [2.24, 2.45) is 10.8 Å². The Morgan fingerprint density at radius 3 is 1.22 bits per heavy atom. The van der Waals surface area contributed by atoms with Gasteiger partial charge >= 0.3 is 449 Å². The second kappa shape index (κ2) is 18.8. The van der Waals surface area contributed by atoms with E-state index in [4.69, 9.17) is 26.7 Å². The molecule has 0 unspecified atom stereocenters. The number of hydrogen-bond donors (Lipinski definition) is 0. The zero-order chi connectivity index (χ0) is 64.3. The molecule has 4 aromatic heterocycles. The van der Waals surface area contributed by atoms with Crippen LogP contribution in [0.3, 0.4) is 0 Å². The molecule has 0 saturated heterocycles. The van der Waals surface area contributed by atoms with Crippen LogP contribution in [-0.4, -0.2) is 51.3 Å². The van der Waals surface area contributed by atoms with Gasteiger partial charge in [0.1, 0.15) is 0 Å². The average Bonchev–Trinajstić information content (AvgIpc) is 1.20. The van der Waals surface area contributed by atoms with Crippen LogP contribution in [0.15, 0.2) is 109 Å². The van der Waals surface area contributed by atoms with Crippen molar-refractivity contribution in [3.63, 3.8) is 0 Å². The van der Waals surface area contributed by atoms with Crippen molar-refractivity contribution in [1.82, 2.24) is 9.97 Å². The molecule has 0 spiro atoms. The van der Waals surface area contributed by atoms with Gasteiger partial charge in [0.15, 0.2) is 0 Å². The van der Waals surface area contributed by atoms with Crippen LogP contribution in [0.1, 0.15) is 116 Å². The molecule has 0 aliphatic carbocycles. The molecule has 3 nitrogen and oxygen atoms in total. The molecule has 68 heavy (non-hydrogen) atoms. The zero-order valence-corrected chi connectivity index (χ0v) is 43.7. The number of fused-ring (bicyclic) bond motifs is 2. The summed E-state index contributed by atoms with van der Waals surface area (Å²) in [5.74, 6) is 0.0574. The van der Waals surface area contributed by atoms with Crippen LogP contribution >= 0.6 is 0 Å². The first-order valence-electron chi connectivity index (χ1n) is 29.6. The second-order valence-electron chi connectivity index (χ2n) is 18.8. The van der Waals surface area contributed by atoms with Crippen LogP contribution in [0.5, 0.6) is 11.5 Å². The topological polar surface area (TPSA) is 35.0 Å². The Labute approximate surface area is 446 Å². The normalized spacial score (nSPS) is 17.2. The summed E-state index contributed by atoms with van der Waals surface area (Å²) >= 11 is -2.44. The van der Waals surface area contributed by atoms with E-state index in [0.29, 0.717) is 38.8 Å². The Hall–Kier alpha value is -4.23. The molecular weight excluding hydrogens is 1180 g/mol. The molecular formula is C56H52F6N2OPtSe2. The number of hydrogen-bond acceptors (Lipinski definition) is 3. The van der Waals surface area contributed by atoms with Crippen LogP contribution in [0.2, 0.25) is 0 Å². The Balaban J connectivity index is 0.0000106. The van der Waals surface area contributed by atoms with Crippen molar-refractivity contribution in [3.8, 4) is 54.0 Å². The fraction of sp³-hybridized carbons (Fsp3) is 0.321. The molecule has 4 heterocycles. The molecule has 8 aromatic rings. The summed E-state index contributed by atoms with van der Waals surface area (Å²) in [6, 6.07) is 3.01. The van der Waals surface area contributed by atoms with Gasteiger partial charge in [-0.2, -0.15) is 0 Å². The first-order chi connectivity index (χ1) is 38.6. The summed E-state index contributed by atoms with van der Waals surface area (Å²) < 4.78 is 251. The summed E-state index contributed by atoms with van der Waals surface area (Å²) in [5, 5.41) is -0.282. The molecule has 0 radical (unpaired) electrons. The first kappa shape index (κ1) is 32.6. The molecule has 12 heteroatoms. The third-order valence-corrected chi connectivity index (χ3v) is 15.3. The van der Waals surface area contributed by atoms with Crippen LogP contribution in [0.4, 0.5) is 26.3 Å². The number of ether oxygens (including phenoxy) is 1. The molecule has 0 aliphatic rings. The molecule has 0 aliphatic heterocycles. The maximum absolute atomic E-state index is 14.3. The van der Waals surface area contributed by atoms with E-state index in [1.54, 1.807) is 24.3 Å². The summed E-state index contributed by atoms with van der Waals surface area (Å²) in [5.41, 5.74) is -9.38. The van der Waals surface area contributed by atoms with Gasteiger partial charge in [-0.3, -0.25) is 0 Å². The zero-order valence-electron chi connectivity index (χ0n) is 56.0. The van der Waals surface area contributed by atoms with Gasteiger partial charge in [-0.15, -0.1) is 0 Å². The minimum atomic E-state index is -5.18. The van der Waals surface area contributed by atoms with Crippen molar-refractivity contribution < 1.29 is 76.8 Å². The van der Waals surface area contributed by atoms with Gasteiger partial charge in [-0.25, -0.2) is 0 Å². The van der Waals surface area contributed by atoms with E-state index >= 15 is 0 Å². The predicted octanol–water partition coefficient (Wildman–Crippen LogP) is 15.8. The van der Waals surface area contributed by atoms with Crippen molar-refractivity contribution in [1.29, 1.82) is 0 Å². The van der Waals surface area contributed by atoms with Gasteiger partial charge in [0.05, 0.1) is 0 Å². The number of rotatable bonds is 10. The Kier molecular flexibility index (Phi) is 9.03. The molecule has 0 N–H and O–H groups in total. The molecule has 8 rings (SSSR count). The Morgan fingerprint density at radius 2 is 0.897 bits per heavy atom. The second-order valence-corrected chi connectivity index (χ2v) is 23.1. The standard InChI is InChI=1S/C56H52F6N2OSe2.Pt/c1-51(2,3)41-23-39(47-49-37(19-21-63-47)27-45(66-49)35-15-11-33(12-16-35)31-53(7,8)55(57,58)59)25-43(29-41)65-44-26-40(24-42(30-44)52(4,5)6)48-50-38(20-22-64-48)28-46(67-50)36-17-13-34(14-18-36)32-54(9,10)56(60,61)62;/h11-24,27-30H,31-32H2,1-10H3;/q-2;+2/i11D,12D,13D,14D,15D,16D,17D,18D,19D,20D,21D,22D,27D,28D,31D2,32D2;. The number of aromatic nitrogens is 2. The number of alkyl halides is 6. The van der Waals surface area contributed by atoms with E-state index in [0.717, 1.165) is 0 Å². The van der Waals surface area contributed by atoms with E-state index in [2.05, 4.69) is 22.1 Å². The Bertz CT molecular complexity index is 3810. The summed E-state index contributed by atoms with van der Waals surface area (Å²) in [4.78, 5) is 8.93. The Morgan fingerprint density at radius 1 is 0.544 bits per heavy atom. The molecule has 4 aromatic carbocycles. The van der Waals surface area contributed by atoms with Gasteiger partial charge in [-0.05, 0) is 0 Å². The SMILES string of the molecule is [2H]c1nc(-c2[c-]c(Oc3[c-]c(-c4nc([2H])c([2H])c5c([2H])c(-c6c([2H])c([2H])c(C([2H])([2H])C(C)(C)C(F)(F)F)c([2H])c6[2H])[se]c45)cc(C(C)(C)C)c3)cc(C(C)(C)C)c2)c2[se]c(-c3c([2H])c([2H])c(C([2H])([2H])C(C)(C)C(F)(F)F)c([2H])c3[2H])c([2H])c2c1[2H].[Pt+2]. The van der Waals surface area contributed by atoms with E-state index in [-0.39, 0.29) is 83.2 Å². The van der Waals surface area contributed by atoms with E-state index in [9.17, 15) is 29.1 Å². The smallest absolute Gasteiger partial charge is 2.00 e. The van der Waals surface area contributed by atoms with Gasteiger partial charge in [-0.1, -0.05) is 0 Å².